The molecule has 0 aromatic rings. The summed E-state index contributed by atoms with van der Waals surface area (Å²) >= 11 is 0. The third kappa shape index (κ3) is 8.94. The summed E-state index contributed by atoms with van der Waals surface area (Å²) in [5, 5.41) is 0. The van der Waals surface area contributed by atoms with Crippen molar-refractivity contribution in [3.05, 3.63) is 0 Å². The summed E-state index contributed by atoms with van der Waals surface area (Å²) in [4.78, 5) is 0. The van der Waals surface area contributed by atoms with Crippen molar-refractivity contribution in [2.75, 3.05) is 6.61 Å². The molecule has 1 heteroatoms. The molecule has 1 unspecified atom stereocenters. The molecule has 0 bridgehead atoms. The molecule has 2 saturated carbocycles. The lowest BCUT2D eigenvalue weighted by atomic mass is 9.69. The lowest BCUT2D eigenvalue weighted by Crippen LogP contribution is -2.27. The maximum Gasteiger partial charge on any atom is 0.0572 e. The molecule has 0 N–H and O–H groups in total. The molecule has 0 aromatic carbocycles. The molecule has 1 atom stereocenters. The van der Waals surface area contributed by atoms with Crippen LogP contribution in [0.25, 0.3) is 0 Å². The van der Waals surface area contributed by atoms with Gasteiger partial charge in [-0.2, -0.15) is 0 Å². The van der Waals surface area contributed by atoms with E-state index < -0.39 is 0 Å². The highest BCUT2D eigenvalue weighted by atomic mass is 16.5. The van der Waals surface area contributed by atoms with Crippen LogP contribution >= 0.6 is 0 Å². The first-order chi connectivity index (χ1) is 12.1. The predicted octanol–water partition coefficient (Wildman–Crippen LogP) is 7.88. The van der Waals surface area contributed by atoms with Crippen molar-refractivity contribution >= 4 is 0 Å². The van der Waals surface area contributed by atoms with E-state index in [1.54, 1.807) is 0 Å². The van der Waals surface area contributed by atoms with Gasteiger partial charge in [0, 0.05) is 6.61 Å². The fourth-order valence-electron chi connectivity index (χ4n) is 4.78. The van der Waals surface area contributed by atoms with Crippen LogP contribution in [0.5, 0.6) is 0 Å². The Kier molecular flexibility index (Phi) is 12.1. The maximum atomic E-state index is 6.28. The minimum atomic E-state index is 0.509. The van der Waals surface area contributed by atoms with Gasteiger partial charge in [-0.05, 0) is 87.4 Å². The van der Waals surface area contributed by atoms with Gasteiger partial charge in [-0.25, -0.2) is 0 Å². The first-order valence-electron chi connectivity index (χ1n) is 11.7. The van der Waals surface area contributed by atoms with E-state index in [0.717, 1.165) is 36.2 Å². The van der Waals surface area contributed by atoms with Gasteiger partial charge < -0.3 is 4.74 Å². The van der Waals surface area contributed by atoms with Crippen LogP contribution in [0.2, 0.25) is 0 Å². The van der Waals surface area contributed by atoms with E-state index in [1.807, 2.05) is 13.8 Å². The van der Waals surface area contributed by atoms with E-state index in [1.165, 1.54) is 70.6 Å². The van der Waals surface area contributed by atoms with Gasteiger partial charge in [-0.15, -0.1) is 0 Å². The molecule has 0 spiro atoms. The van der Waals surface area contributed by atoms with Crippen molar-refractivity contribution in [3.63, 3.8) is 0 Å². The maximum absolute atomic E-state index is 6.28. The van der Waals surface area contributed by atoms with E-state index in [0.29, 0.717) is 6.10 Å². The second-order valence-corrected chi connectivity index (χ2v) is 9.14. The van der Waals surface area contributed by atoms with Crippen molar-refractivity contribution in [1.29, 1.82) is 0 Å². The topological polar surface area (TPSA) is 9.23 Å². The highest BCUT2D eigenvalue weighted by Gasteiger charge is 2.30. The standard InChI is InChI=1S/C22H42O.C2H6/c1-5-22(15-6-17(2)3)23-16-19-9-13-21(14-10-19)20-11-7-18(4)8-12-20;1-2/h17-22H,5-16H2,1-4H3;1-2H3. The monoisotopic (exact) mass is 352 g/mol. The molecule has 0 saturated heterocycles. The Bertz CT molecular complexity index is 295. The molecule has 2 aliphatic rings. The minimum absolute atomic E-state index is 0.509. The highest BCUT2D eigenvalue weighted by Crippen LogP contribution is 2.41. The van der Waals surface area contributed by atoms with E-state index in [9.17, 15) is 0 Å². The average molecular weight is 353 g/mol. The molecule has 2 fully saturated rings. The second-order valence-electron chi connectivity index (χ2n) is 9.14. The quantitative estimate of drug-likeness (QED) is 0.431. The molecule has 0 radical (unpaired) electrons. The summed E-state index contributed by atoms with van der Waals surface area (Å²) in [6.45, 7) is 14.4. The summed E-state index contributed by atoms with van der Waals surface area (Å²) in [6.07, 6.45) is 16.1. The summed E-state index contributed by atoms with van der Waals surface area (Å²) in [6, 6.07) is 0. The third-order valence-corrected chi connectivity index (χ3v) is 6.71. The largest absolute Gasteiger partial charge is 0.378 e. The Morgan fingerprint density at radius 1 is 0.800 bits per heavy atom. The smallest absolute Gasteiger partial charge is 0.0572 e. The first kappa shape index (κ1) is 23.0. The molecule has 0 heterocycles. The SMILES string of the molecule is CC.CCC(CCC(C)C)OCC1CCC(C2CCC(C)CC2)CC1. The average Bonchev–Trinajstić information content (AvgIpc) is 2.64. The Labute approximate surface area is 159 Å². The number of rotatable bonds is 8. The van der Waals surface area contributed by atoms with Crippen LogP contribution < -0.4 is 0 Å². The lowest BCUT2D eigenvalue weighted by Gasteiger charge is -2.37. The highest BCUT2D eigenvalue weighted by molar-refractivity contribution is 4.81. The van der Waals surface area contributed by atoms with E-state index in [-0.39, 0.29) is 0 Å². The Morgan fingerprint density at radius 3 is 1.80 bits per heavy atom. The molecule has 25 heavy (non-hydrogen) atoms. The van der Waals surface area contributed by atoms with Gasteiger partial charge in [0.2, 0.25) is 0 Å². The van der Waals surface area contributed by atoms with Gasteiger partial charge in [0.15, 0.2) is 0 Å². The van der Waals surface area contributed by atoms with Crippen molar-refractivity contribution < 1.29 is 4.74 Å². The zero-order valence-electron chi connectivity index (χ0n) is 18.4. The fraction of sp³-hybridized carbons (Fsp3) is 1.00. The van der Waals surface area contributed by atoms with Crippen molar-refractivity contribution in [2.45, 2.75) is 118 Å². The van der Waals surface area contributed by atoms with E-state index in [4.69, 9.17) is 4.74 Å². The Balaban J connectivity index is 0.00000151. The zero-order valence-corrected chi connectivity index (χ0v) is 18.4. The van der Waals surface area contributed by atoms with Crippen LogP contribution in [0.1, 0.15) is 112 Å². The lowest BCUT2D eigenvalue weighted by molar-refractivity contribution is 0.00428. The van der Waals surface area contributed by atoms with Crippen LogP contribution in [0, 0.1) is 29.6 Å². The zero-order chi connectivity index (χ0) is 18.7. The van der Waals surface area contributed by atoms with Gasteiger partial charge in [-0.3, -0.25) is 0 Å². The Morgan fingerprint density at radius 2 is 1.32 bits per heavy atom. The first-order valence-corrected chi connectivity index (χ1v) is 11.7. The van der Waals surface area contributed by atoms with E-state index >= 15 is 0 Å². The van der Waals surface area contributed by atoms with Crippen LogP contribution in [0.4, 0.5) is 0 Å². The van der Waals surface area contributed by atoms with Gasteiger partial charge >= 0.3 is 0 Å². The number of hydrogen-bond donors (Lipinski definition) is 0. The molecule has 0 aromatic heterocycles. The van der Waals surface area contributed by atoms with E-state index in [2.05, 4.69) is 27.7 Å². The Hall–Kier alpha value is -0.0400. The molecular weight excluding hydrogens is 304 g/mol. The fourth-order valence-corrected chi connectivity index (χ4v) is 4.78. The molecule has 1 nitrogen and oxygen atoms in total. The minimum Gasteiger partial charge on any atom is -0.378 e. The number of ether oxygens (including phenoxy) is 1. The van der Waals surface area contributed by atoms with Gasteiger partial charge in [0.1, 0.15) is 0 Å². The van der Waals surface area contributed by atoms with Gasteiger partial charge in [0.25, 0.3) is 0 Å². The van der Waals surface area contributed by atoms with Crippen LogP contribution in [-0.4, -0.2) is 12.7 Å². The normalized spacial score (nSPS) is 31.3. The third-order valence-electron chi connectivity index (χ3n) is 6.71. The van der Waals surface area contributed by atoms with Crippen LogP contribution in [0.3, 0.4) is 0 Å². The summed E-state index contributed by atoms with van der Waals surface area (Å²) in [5.74, 6) is 4.75. The second kappa shape index (κ2) is 13.2. The predicted molar refractivity (Wildman–Crippen MR) is 112 cm³/mol. The summed E-state index contributed by atoms with van der Waals surface area (Å²) in [7, 11) is 0. The molecule has 0 amide bonds. The molecule has 2 aliphatic carbocycles. The summed E-state index contributed by atoms with van der Waals surface area (Å²) < 4.78 is 6.28. The van der Waals surface area contributed by atoms with Gasteiger partial charge in [-0.1, -0.05) is 54.4 Å². The summed E-state index contributed by atoms with van der Waals surface area (Å²) in [5.41, 5.74) is 0. The molecule has 0 aliphatic heterocycles. The van der Waals surface area contributed by atoms with Gasteiger partial charge in [0.05, 0.1) is 6.10 Å². The number of hydrogen-bond acceptors (Lipinski definition) is 1. The van der Waals surface area contributed by atoms with Crippen LogP contribution in [-0.2, 0) is 4.74 Å². The molecule has 150 valence electrons. The molecule has 2 rings (SSSR count). The van der Waals surface area contributed by atoms with Crippen LogP contribution in [0.15, 0.2) is 0 Å². The van der Waals surface area contributed by atoms with Crippen molar-refractivity contribution in [1.82, 2.24) is 0 Å². The van der Waals surface area contributed by atoms with Crippen molar-refractivity contribution in [2.24, 2.45) is 29.6 Å². The molecular formula is C24H48O. The van der Waals surface area contributed by atoms with Crippen molar-refractivity contribution in [3.8, 4) is 0 Å².